The molecule has 1 aliphatic rings. The number of nitrogens with one attached hydrogen (secondary N) is 1. The molecule has 0 saturated carbocycles. The third-order valence-electron chi connectivity index (χ3n) is 4.67. The maximum atomic E-state index is 4.74. The molecule has 0 spiro atoms. The second-order valence-corrected chi connectivity index (χ2v) is 6.47. The van der Waals surface area contributed by atoms with Gasteiger partial charge in [0.25, 0.3) is 0 Å². The highest BCUT2D eigenvalue weighted by Crippen LogP contribution is 2.24. The average molecular weight is 337 g/mol. The molecular formula is C18H23N7. The summed E-state index contributed by atoms with van der Waals surface area (Å²) in [6.45, 7) is 4.53. The van der Waals surface area contributed by atoms with Crippen molar-refractivity contribution in [1.82, 2.24) is 29.6 Å². The first-order valence-electron chi connectivity index (χ1n) is 8.87. The van der Waals surface area contributed by atoms with Crippen LogP contribution in [0.4, 0.5) is 5.82 Å². The van der Waals surface area contributed by atoms with Crippen LogP contribution < -0.4 is 5.32 Å². The van der Waals surface area contributed by atoms with Crippen molar-refractivity contribution < 1.29 is 0 Å². The molecule has 25 heavy (non-hydrogen) atoms. The molecule has 0 aliphatic carbocycles. The number of hydrogen-bond acceptors (Lipinski definition) is 6. The van der Waals surface area contributed by atoms with E-state index in [0.717, 1.165) is 41.9 Å². The van der Waals surface area contributed by atoms with Gasteiger partial charge in [-0.3, -0.25) is 9.67 Å². The van der Waals surface area contributed by atoms with Crippen molar-refractivity contribution in [2.75, 3.05) is 31.5 Å². The summed E-state index contributed by atoms with van der Waals surface area (Å²) in [5.41, 5.74) is 1.79. The molecule has 3 aromatic rings. The van der Waals surface area contributed by atoms with Crippen molar-refractivity contribution in [3.63, 3.8) is 0 Å². The quantitative estimate of drug-likeness (QED) is 0.696. The third kappa shape index (κ3) is 3.46. The Balaban J connectivity index is 1.54. The number of fused-ring (bicyclic) bond motifs is 1. The van der Waals surface area contributed by atoms with Gasteiger partial charge in [-0.05, 0) is 51.0 Å². The van der Waals surface area contributed by atoms with Crippen LogP contribution in [0.3, 0.4) is 0 Å². The Morgan fingerprint density at radius 2 is 1.92 bits per heavy atom. The maximum Gasteiger partial charge on any atom is 0.164 e. The molecule has 0 atom stereocenters. The summed E-state index contributed by atoms with van der Waals surface area (Å²) in [6.07, 6.45) is 9.13. The molecule has 1 N–H and O–H groups in total. The van der Waals surface area contributed by atoms with Gasteiger partial charge >= 0.3 is 0 Å². The van der Waals surface area contributed by atoms with E-state index in [-0.39, 0.29) is 0 Å². The summed E-state index contributed by atoms with van der Waals surface area (Å²) in [5.74, 6) is 1.55. The van der Waals surface area contributed by atoms with E-state index in [0.29, 0.717) is 5.82 Å². The number of likely N-dealkylation sites (tertiary alicyclic amines) is 1. The van der Waals surface area contributed by atoms with Gasteiger partial charge in [0.15, 0.2) is 11.5 Å². The Labute approximate surface area is 147 Å². The molecular weight excluding hydrogens is 314 g/mol. The lowest BCUT2D eigenvalue weighted by Crippen LogP contribution is -2.22. The first-order chi connectivity index (χ1) is 12.3. The minimum Gasteiger partial charge on any atom is -0.369 e. The Bertz CT molecular complexity index is 837. The fourth-order valence-electron chi connectivity index (χ4n) is 3.30. The molecule has 1 aliphatic heterocycles. The SMILES string of the molecule is Cn1ncc2c(NCCCN3CCCC3)nc(-c3ccncc3)nc21. The van der Waals surface area contributed by atoms with Gasteiger partial charge in [-0.2, -0.15) is 5.10 Å². The second-order valence-electron chi connectivity index (χ2n) is 6.47. The van der Waals surface area contributed by atoms with Gasteiger partial charge in [0.05, 0.1) is 11.6 Å². The largest absolute Gasteiger partial charge is 0.369 e. The fourth-order valence-corrected chi connectivity index (χ4v) is 3.30. The van der Waals surface area contributed by atoms with Gasteiger partial charge in [-0.25, -0.2) is 9.97 Å². The smallest absolute Gasteiger partial charge is 0.164 e. The molecule has 7 nitrogen and oxygen atoms in total. The molecule has 1 fully saturated rings. The van der Waals surface area contributed by atoms with Crippen LogP contribution in [-0.4, -0.2) is 55.8 Å². The van der Waals surface area contributed by atoms with E-state index >= 15 is 0 Å². The molecule has 0 unspecified atom stereocenters. The van der Waals surface area contributed by atoms with E-state index in [1.807, 2.05) is 25.4 Å². The second kappa shape index (κ2) is 7.14. The van der Waals surface area contributed by atoms with Gasteiger partial charge in [-0.15, -0.1) is 0 Å². The lowest BCUT2D eigenvalue weighted by atomic mass is 10.2. The van der Waals surface area contributed by atoms with Crippen molar-refractivity contribution in [3.05, 3.63) is 30.7 Å². The Morgan fingerprint density at radius 3 is 2.72 bits per heavy atom. The molecule has 0 bridgehead atoms. The predicted octanol–water partition coefficient (Wildman–Crippen LogP) is 2.32. The van der Waals surface area contributed by atoms with E-state index in [4.69, 9.17) is 4.98 Å². The van der Waals surface area contributed by atoms with Crippen molar-refractivity contribution in [3.8, 4) is 11.4 Å². The van der Waals surface area contributed by atoms with Crippen molar-refractivity contribution >= 4 is 16.9 Å². The highest BCUT2D eigenvalue weighted by Gasteiger charge is 2.13. The minimum atomic E-state index is 0.695. The molecule has 1 saturated heterocycles. The number of aromatic nitrogens is 5. The standard InChI is InChI=1S/C18H23N7/c1-24-18-15(13-21-24)17(20-7-4-12-25-10-2-3-11-25)22-16(23-18)14-5-8-19-9-6-14/h5-6,8-9,13H,2-4,7,10-12H2,1H3,(H,20,22,23). The Hall–Kier alpha value is -2.54. The van der Waals surface area contributed by atoms with Crippen LogP contribution in [0, 0.1) is 0 Å². The van der Waals surface area contributed by atoms with Crippen molar-refractivity contribution in [2.45, 2.75) is 19.3 Å². The molecule has 130 valence electrons. The molecule has 0 radical (unpaired) electrons. The summed E-state index contributed by atoms with van der Waals surface area (Å²) in [6, 6.07) is 3.85. The number of rotatable bonds is 6. The van der Waals surface area contributed by atoms with Gasteiger partial charge < -0.3 is 10.2 Å². The van der Waals surface area contributed by atoms with E-state index < -0.39 is 0 Å². The van der Waals surface area contributed by atoms with E-state index in [1.54, 1.807) is 17.1 Å². The van der Waals surface area contributed by atoms with E-state index in [1.165, 1.54) is 25.9 Å². The van der Waals surface area contributed by atoms with Crippen LogP contribution in [0.5, 0.6) is 0 Å². The Morgan fingerprint density at radius 1 is 1.12 bits per heavy atom. The summed E-state index contributed by atoms with van der Waals surface area (Å²) in [5, 5.41) is 8.78. The number of nitrogens with zero attached hydrogens (tertiary/aromatic N) is 6. The lowest BCUT2D eigenvalue weighted by molar-refractivity contribution is 0.337. The Kier molecular flexibility index (Phi) is 4.56. The van der Waals surface area contributed by atoms with Gasteiger partial charge in [-0.1, -0.05) is 0 Å². The van der Waals surface area contributed by atoms with Gasteiger partial charge in [0.1, 0.15) is 5.82 Å². The van der Waals surface area contributed by atoms with E-state index in [9.17, 15) is 0 Å². The highest BCUT2D eigenvalue weighted by molar-refractivity contribution is 5.88. The summed E-state index contributed by atoms with van der Waals surface area (Å²) >= 11 is 0. The number of pyridine rings is 1. The molecule has 3 aromatic heterocycles. The van der Waals surface area contributed by atoms with Crippen LogP contribution in [0.1, 0.15) is 19.3 Å². The number of hydrogen-bond donors (Lipinski definition) is 1. The van der Waals surface area contributed by atoms with Crippen LogP contribution in [0.15, 0.2) is 30.7 Å². The molecule has 0 amide bonds. The zero-order chi connectivity index (χ0) is 17.1. The van der Waals surface area contributed by atoms with E-state index in [2.05, 4.69) is 25.3 Å². The van der Waals surface area contributed by atoms with Crippen LogP contribution in [0.25, 0.3) is 22.4 Å². The van der Waals surface area contributed by atoms with Gasteiger partial charge in [0, 0.05) is 31.5 Å². The normalized spacial score (nSPS) is 15.1. The fraction of sp³-hybridized carbons (Fsp3) is 0.444. The monoisotopic (exact) mass is 337 g/mol. The maximum absolute atomic E-state index is 4.74. The lowest BCUT2D eigenvalue weighted by Gasteiger charge is -2.15. The topological polar surface area (TPSA) is 71.8 Å². The molecule has 4 rings (SSSR count). The first kappa shape index (κ1) is 16.0. The third-order valence-corrected chi connectivity index (χ3v) is 4.67. The number of anilines is 1. The average Bonchev–Trinajstić information content (AvgIpc) is 3.30. The summed E-state index contributed by atoms with van der Waals surface area (Å²) in [7, 11) is 1.91. The van der Waals surface area contributed by atoms with Crippen molar-refractivity contribution in [1.29, 1.82) is 0 Å². The minimum absolute atomic E-state index is 0.695. The molecule has 0 aromatic carbocycles. The predicted molar refractivity (Wildman–Crippen MR) is 98.3 cm³/mol. The highest BCUT2D eigenvalue weighted by atomic mass is 15.3. The number of aryl methyl sites for hydroxylation is 1. The van der Waals surface area contributed by atoms with Crippen molar-refractivity contribution in [2.24, 2.45) is 7.05 Å². The van der Waals surface area contributed by atoms with Crippen LogP contribution in [-0.2, 0) is 7.05 Å². The summed E-state index contributed by atoms with van der Waals surface area (Å²) in [4.78, 5) is 16.0. The molecule has 7 heteroatoms. The summed E-state index contributed by atoms with van der Waals surface area (Å²) < 4.78 is 1.79. The zero-order valence-electron chi connectivity index (χ0n) is 14.5. The first-order valence-corrected chi connectivity index (χ1v) is 8.87. The van der Waals surface area contributed by atoms with Gasteiger partial charge in [0.2, 0.25) is 0 Å². The molecule has 4 heterocycles. The van der Waals surface area contributed by atoms with Crippen LogP contribution in [0.2, 0.25) is 0 Å². The van der Waals surface area contributed by atoms with Crippen LogP contribution >= 0.6 is 0 Å². The zero-order valence-corrected chi connectivity index (χ0v) is 14.5.